The number of aromatic nitrogens is 2. The predicted octanol–water partition coefficient (Wildman–Crippen LogP) is 9.69. The van der Waals surface area contributed by atoms with Crippen LogP contribution in [0, 0.1) is 28.4 Å². The zero-order chi connectivity index (χ0) is 50.2. The molecule has 16 nitrogen and oxygen atoms in total. The van der Waals surface area contributed by atoms with Crippen molar-refractivity contribution in [2.45, 2.75) is 145 Å². The number of rotatable bonds is 11. The summed E-state index contributed by atoms with van der Waals surface area (Å²) in [4.78, 5) is 41.5. The zero-order valence-electron chi connectivity index (χ0n) is 41.9. The van der Waals surface area contributed by atoms with Crippen LogP contribution >= 0.6 is 0 Å². The number of aromatic amines is 1. The smallest absolute Gasteiger partial charge is 0.293 e. The van der Waals surface area contributed by atoms with Gasteiger partial charge in [-0.05, 0) is 170 Å². The maximum absolute atomic E-state index is 14.7. The van der Waals surface area contributed by atoms with E-state index in [1.165, 1.54) is 55.4 Å². The van der Waals surface area contributed by atoms with E-state index in [2.05, 4.69) is 74.8 Å². The van der Waals surface area contributed by atoms with Crippen LogP contribution in [0.3, 0.4) is 0 Å². The zero-order valence-corrected chi connectivity index (χ0v) is 42.7. The Morgan fingerprint density at radius 1 is 0.944 bits per heavy atom. The van der Waals surface area contributed by atoms with Crippen LogP contribution in [0.15, 0.2) is 83.9 Å². The minimum absolute atomic E-state index is 0.117. The molecule has 0 radical (unpaired) electrons. The average Bonchev–Trinajstić information content (AvgIpc) is 3.81. The summed E-state index contributed by atoms with van der Waals surface area (Å²) in [6, 6.07) is 22.8. The summed E-state index contributed by atoms with van der Waals surface area (Å²) in [6.07, 6.45) is 12.8. The number of hydrogen-bond donors (Lipinski definition) is 4. The molecule has 2 aliphatic carbocycles. The number of sulfonamides is 1. The fourth-order valence-corrected chi connectivity index (χ4v) is 14.2. The topological polar surface area (TPSA) is 196 Å². The lowest BCUT2D eigenvalue weighted by Crippen LogP contribution is -2.62. The van der Waals surface area contributed by atoms with Crippen LogP contribution in [-0.2, 0) is 14.8 Å². The molecule has 1 amide bonds. The van der Waals surface area contributed by atoms with Crippen LogP contribution in [-0.4, -0.2) is 101 Å². The quantitative estimate of drug-likeness (QED) is 0.0722. The summed E-state index contributed by atoms with van der Waals surface area (Å²) in [5.74, 6) is -0.298. The van der Waals surface area contributed by atoms with Crippen molar-refractivity contribution in [1.29, 1.82) is 0 Å². The number of piperidine rings is 2. The van der Waals surface area contributed by atoms with Gasteiger partial charge in [-0.2, -0.15) is 4.98 Å². The summed E-state index contributed by atoms with van der Waals surface area (Å²) >= 11 is 0. The molecule has 4 aliphatic heterocycles. The van der Waals surface area contributed by atoms with Crippen LogP contribution in [0.1, 0.15) is 125 Å². The number of benzene rings is 3. The van der Waals surface area contributed by atoms with E-state index >= 15 is 0 Å². The van der Waals surface area contributed by atoms with Gasteiger partial charge < -0.3 is 34.7 Å². The number of carbonyl (C=O) groups is 1. The van der Waals surface area contributed by atoms with Crippen molar-refractivity contribution in [3.8, 4) is 5.88 Å². The van der Waals surface area contributed by atoms with Gasteiger partial charge in [-0.15, -0.1) is 0 Å². The minimum Gasteiger partial charge on any atom is -0.468 e. The molecule has 0 unspecified atom stereocenters. The second kappa shape index (κ2) is 18.6. The first-order valence-electron chi connectivity index (χ1n) is 26.0. The molecule has 382 valence electrons. The molecule has 3 aromatic carbocycles. The second-order valence-electron chi connectivity index (χ2n) is 22.6. The number of pyridine rings is 1. The molecular formula is C55H68N8O8S. The number of H-pyrrole nitrogens is 1. The largest absolute Gasteiger partial charge is 0.468 e. The Morgan fingerprint density at radius 2 is 1.72 bits per heavy atom. The highest BCUT2D eigenvalue weighted by Gasteiger charge is 2.53. The summed E-state index contributed by atoms with van der Waals surface area (Å²) in [7, 11) is -4.62. The molecule has 1 spiro atoms. The van der Waals surface area contributed by atoms with Crippen molar-refractivity contribution >= 4 is 55.4 Å². The van der Waals surface area contributed by atoms with E-state index in [9.17, 15) is 28.4 Å². The molecule has 4 N–H and O–H groups in total. The molecule has 6 heterocycles. The Hall–Kier alpha value is -5.75. The summed E-state index contributed by atoms with van der Waals surface area (Å²) in [6.45, 7) is 11.8. The number of nitro benzene ring substituents is 1. The van der Waals surface area contributed by atoms with Gasteiger partial charge in [-0.1, -0.05) is 24.3 Å². The van der Waals surface area contributed by atoms with Crippen molar-refractivity contribution in [3.05, 3.63) is 106 Å². The number of anilines is 4. The third-order valence-electron chi connectivity index (χ3n) is 17.3. The van der Waals surface area contributed by atoms with Crippen LogP contribution in [0.5, 0.6) is 5.88 Å². The van der Waals surface area contributed by atoms with E-state index < -0.39 is 43.1 Å². The summed E-state index contributed by atoms with van der Waals surface area (Å²) in [5, 5.41) is 26.8. The molecule has 0 bridgehead atoms. The first kappa shape index (κ1) is 48.5. The molecule has 5 fully saturated rings. The lowest BCUT2D eigenvalue weighted by Gasteiger charge is -2.61. The van der Waals surface area contributed by atoms with Crippen molar-refractivity contribution < 1.29 is 32.7 Å². The summed E-state index contributed by atoms with van der Waals surface area (Å²) < 4.78 is 43.1. The van der Waals surface area contributed by atoms with Gasteiger partial charge in [-0.25, -0.2) is 13.1 Å². The molecule has 5 aromatic rings. The van der Waals surface area contributed by atoms with E-state index in [1.54, 1.807) is 6.07 Å². The second-order valence-corrected chi connectivity index (χ2v) is 24.3. The van der Waals surface area contributed by atoms with Crippen molar-refractivity contribution in [3.63, 3.8) is 0 Å². The number of nitrogens with zero attached hydrogens (tertiary/aromatic N) is 5. The number of amides is 1. The number of fused-ring (bicyclic) bond motifs is 3. The maximum atomic E-state index is 14.7. The number of aryl methyl sites for hydroxylation is 1. The standard InChI is InChI=1S/C55H68N8O8S/c1-35-8-5-6-9-41(35)44-10-7-19-53(2,3)62(44)39-31-55(32-39)22-25-60(26-23-55)38-11-13-42(46(29-38)61-45-18-27-70-34-49(45)71-52-48(61)28-37-17-24-56-50(37)58-52)51(64)59-72(68,69)40-12-14-43(47(30-40)63(66)67)57-33-36-15-20-54(4,65)21-16-36/h5-6,8-9,11-14,17,24,28-30,36,39,44-45,49,57,65H,7,10,15-16,18-23,25-27,31-34H2,1-4H3,(H,56,58)(H,59,64)/t36-,44-,45-,49-,54-/m0/s1. The van der Waals surface area contributed by atoms with Gasteiger partial charge in [-0.3, -0.25) is 19.8 Å². The van der Waals surface area contributed by atoms with Gasteiger partial charge in [0.1, 0.15) is 23.1 Å². The van der Waals surface area contributed by atoms with Gasteiger partial charge in [0.15, 0.2) is 0 Å². The first-order chi connectivity index (χ1) is 34.5. The molecule has 17 heteroatoms. The molecule has 3 atom stereocenters. The van der Waals surface area contributed by atoms with E-state index in [1.807, 2.05) is 37.4 Å². The fraction of sp³-hybridized carbons (Fsp3) is 0.527. The Kier molecular flexibility index (Phi) is 12.6. The highest BCUT2D eigenvalue weighted by molar-refractivity contribution is 7.90. The van der Waals surface area contributed by atoms with E-state index in [4.69, 9.17) is 14.5 Å². The number of ether oxygens (including phenoxy) is 2. The van der Waals surface area contributed by atoms with Gasteiger partial charge in [0.2, 0.25) is 5.88 Å². The highest BCUT2D eigenvalue weighted by Crippen LogP contribution is 2.56. The summed E-state index contributed by atoms with van der Waals surface area (Å²) in [5.41, 5.74) is 5.11. The fourth-order valence-electron chi connectivity index (χ4n) is 13.2. The molecular weight excluding hydrogens is 933 g/mol. The predicted molar refractivity (Wildman–Crippen MR) is 278 cm³/mol. The number of nitro groups is 1. The molecule has 72 heavy (non-hydrogen) atoms. The number of carbonyl (C=O) groups excluding carboxylic acids is 1. The van der Waals surface area contributed by atoms with Crippen molar-refractivity contribution in [2.24, 2.45) is 11.3 Å². The van der Waals surface area contributed by atoms with Crippen molar-refractivity contribution in [2.75, 3.05) is 48.0 Å². The van der Waals surface area contributed by atoms with Crippen LogP contribution in [0.2, 0.25) is 0 Å². The third-order valence-corrected chi connectivity index (χ3v) is 18.7. The Balaban J connectivity index is 0.874. The molecule has 11 rings (SSSR count). The molecule has 2 saturated carbocycles. The SMILES string of the molecule is Cc1ccccc1[C@@H]1CCCC(C)(C)N1C1CC2(CCN(c3ccc(C(=O)NS(=O)(=O)c4ccc(NC[C@H]5CC[C@](C)(O)CC5)c([N+](=O)[O-])c4)c(N4c5cc6cc[nH]c6nc5O[C@H]5COCC[C@@H]54)c3)CC2)C1. The van der Waals surface area contributed by atoms with Gasteiger partial charge in [0.05, 0.1) is 39.3 Å². The maximum Gasteiger partial charge on any atom is 0.293 e. The normalized spacial score (nSPS) is 26.3. The van der Waals surface area contributed by atoms with Gasteiger partial charge in [0.25, 0.3) is 21.6 Å². The van der Waals surface area contributed by atoms with Crippen LogP contribution in [0.25, 0.3) is 11.0 Å². The third kappa shape index (κ3) is 9.19. The lowest BCUT2D eigenvalue weighted by molar-refractivity contribution is -0.384. The molecule has 3 saturated heterocycles. The highest BCUT2D eigenvalue weighted by atomic mass is 32.2. The van der Waals surface area contributed by atoms with Crippen LogP contribution < -0.4 is 24.6 Å². The number of nitrogens with one attached hydrogen (secondary N) is 3. The minimum atomic E-state index is -4.62. The number of aliphatic hydroxyl groups is 1. The lowest BCUT2D eigenvalue weighted by atomic mass is 9.58. The van der Waals surface area contributed by atoms with E-state index in [0.717, 1.165) is 55.9 Å². The monoisotopic (exact) mass is 1000 g/mol. The molecule has 6 aliphatic rings. The Labute approximate surface area is 422 Å². The Bertz CT molecular complexity index is 2990. The van der Waals surface area contributed by atoms with E-state index in [0.29, 0.717) is 74.0 Å². The first-order valence-corrected chi connectivity index (χ1v) is 27.5. The van der Waals surface area contributed by atoms with Crippen LogP contribution in [0.4, 0.5) is 28.4 Å². The molecule has 2 aromatic heterocycles. The van der Waals surface area contributed by atoms with Crippen molar-refractivity contribution in [1.82, 2.24) is 19.6 Å². The van der Waals surface area contributed by atoms with Gasteiger partial charge >= 0.3 is 0 Å². The average molecular weight is 1000 g/mol. The van der Waals surface area contributed by atoms with Gasteiger partial charge in [0, 0.05) is 67.2 Å². The Morgan fingerprint density at radius 3 is 2.49 bits per heavy atom. The van der Waals surface area contributed by atoms with E-state index in [-0.39, 0.29) is 34.2 Å². The number of hydrogen-bond acceptors (Lipinski definition) is 13. The number of likely N-dealkylation sites (tertiary alicyclic amines) is 1.